The summed E-state index contributed by atoms with van der Waals surface area (Å²) in [7, 11) is 0. The van der Waals surface area contributed by atoms with Crippen molar-refractivity contribution < 1.29 is 9.84 Å². The number of hydrogen-bond donors (Lipinski definition) is 1. The van der Waals surface area contributed by atoms with Gasteiger partial charge in [-0.1, -0.05) is 25.5 Å². The molecule has 0 saturated carbocycles. The second-order valence-corrected chi connectivity index (χ2v) is 7.72. The van der Waals surface area contributed by atoms with Crippen LogP contribution in [0.3, 0.4) is 0 Å². The lowest BCUT2D eigenvalue weighted by atomic mass is 9.89. The summed E-state index contributed by atoms with van der Waals surface area (Å²) in [4.78, 5) is 2.31. The molecule has 0 amide bonds. The fourth-order valence-corrected chi connectivity index (χ4v) is 3.65. The Morgan fingerprint density at radius 1 is 1.03 bits per heavy atom. The molecule has 1 aromatic rings. The Kier molecular flexibility index (Phi) is 8.05. The van der Waals surface area contributed by atoms with E-state index in [2.05, 4.69) is 17.9 Å². The molecule has 1 aromatic carbocycles. The number of aliphatic hydroxyl groups is 1. The molecule has 0 aliphatic carbocycles. The van der Waals surface area contributed by atoms with Crippen LogP contribution in [0.5, 0.6) is 0 Å². The molecule has 2 rings (SSSR count). The van der Waals surface area contributed by atoms with Crippen molar-refractivity contribution in [1.29, 1.82) is 15.8 Å². The van der Waals surface area contributed by atoms with Gasteiger partial charge in [-0.3, -0.25) is 0 Å². The van der Waals surface area contributed by atoms with E-state index < -0.39 is 5.60 Å². The summed E-state index contributed by atoms with van der Waals surface area (Å²) in [5.41, 5.74) is 1.81. The van der Waals surface area contributed by atoms with Gasteiger partial charge in [0.1, 0.15) is 29.4 Å². The minimum absolute atomic E-state index is 0.0557. The maximum absolute atomic E-state index is 9.73. The lowest BCUT2D eigenvalue weighted by Gasteiger charge is -2.26. The largest absolute Gasteiger partial charge is 0.480 e. The van der Waals surface area contributed by atoms with E-state index in [9.17, 15) is 15.8 Å². The molecule has 0 aromatic heterocycles. The van der Waals surface area contributed by atoms with E-state index in [0.717, 1.165) is 50.0 Å². The maximum atomic E-state index is 9.73. The standard InChI is InChI=1S/C24H28N4O2/c1-4-5-12-28(13-6-7-14-29)20-10-8-18(9-11-20)22-21(17-27)23(19(15-25)16-26)30-24(22,2)3/h8-11,29H,4-7,12-14H2,1-3H3. The van der Waals surface area contributed by atoms with Crippen LogP contribution < -0.4 is 4.90 Å². The summed E-state index contributed by atoms with van der Waals surface area (Å²) >= 11 is 0. The fraction of sp³-hybridized carbons (Fsp3) is 0.458. The van der Waals surface area contributed by atoms with E-state index >= 15 is 0 Å². The first-order valence-electron chi connectivity index (χ1n) is 10.3. The number of aliphatic hydroxyl groups excluding tert-OH is 1. The van der Waals surface area contributed by atoms with Crippen molar-refractivity contribution >= 4 is 11.3 Å². The number of nitrogens with zero attached hydrogens (tertiary/aromatic N) is 4. The third-order valence-electron chi connectivity index (χ3n) is 5.14. The van der Waals surface area contributed by atoms with Crippen LogP contribution in [-0.2, 0) is 4.74 Å². The molecule has 0 saturated heterocycles. The highest BCUT2D eigenvalue weighted by atomic mass is 16.5. The topological polar surface area (TPSA) is 104 Å². The average molecular weight is 405 g/mol. The number of ether oxygens (including phenoxy) is 1. The normalized spacial score (nSPS) is 14.5. The zero-order valence-electron chi connectivity index (χ0n) is 17.9. The Hall–Kier alpha value is -3.27. The summed E-state index contributed by atoms with van der Waals surface area (Å²) < 4.78 is 5.86. The molecule has 1 aliphatic rings. The summed E-state index contributed by atoms with van der Waals surface area (Å²) in [5, 5.41) is 37.2. The number of hydrogen-bond acceptors (Lipinski definition) is 6. The zero-order valence-corrected chi connectivity index (χ0v) is 17.9. The molecule has 1 N–H and O–H groups in total. The Labute approximate surface area is 178 Å². The van der Waals surface area contributed by atoms with Crippen molar-refractivity contribution in [3.8, 4) is 18.2 Å². The third-order valence-corrected chi connectivity index (χ3v) is 5.14. The summed E-state index contributed by atoms with van der Waals surface area (Å²) in [6, 6.07) is 13.7. The van der Waals surface area contributed by atoms with Crippen molar-refractivity contribution in [1.82, 2.24) is 0 Å². The second kappa shape index (κ2) is 10.5. The molecule has 156 valence electrons. The molecule has 0 unspecified atom stereocenters. The molecule has 6 nitrogen and oxygen atoms in total. The molecular weight excluding hydrogens is 376 g/mol. The van der Waals surface area contributed by atoms with E-state index in [1.165, 1.54) is 0 Å². The van der Waals surface area contributed by atoms with Gasteiger partial charge in [-0.15, -0.1) is 0 Å². The SMILES string of the molecule is CCCCN(CCCCO)c1ccc(C2=C(C#N)C(=C(C#N)C#N)OC2(C)C)cc1. The quantitative estimate of drug-likeness (QED) is 0.481. The molecule has 0 atom stereocenters. The fourth-order valence-electron chi connectivity index (χ4n) is 3.65. The van der Waals surface area contributed by atoms with Gasteiger partial charge in [0.05, 0.1) is 0 Å². The molecule has 1 heterocycles. The first-order chi connectivity index (χ1) is 14.4. The Morgan fingerprint density at radius 2 is 1.67 bits per heavy atom. The molecule has 0 spiro atoms. The van der Waals surface area contributed by atoms with E-state index in [4.69, 9.17) is 9.84 Å². The van der Waals surface area contributed by atoms with Gasteiger partial charge in [0.2, 0.25) is 0 Å². The lowest BCUT2D eigenvalue weighted by Crippen LogP contribution is -2.26. The zero-order chi connectivity index (χ0) is 22.1. The Morgan fingerprint density at radius 3 is 2.20 bits per heavy atom. The van der Waals surface area contributed by atoms with E-state index in [-0.39, 0.29) is 23.5 Å². The van der Waals surface area contributed by atoms with E-state index in [0.29, 0.717) is 5.57 Å². The maximum Gasteiger partial charge on any atom is 0.172 e. The number of anilines is 1. The average Bonchev–Trinajstić information content (AvgIpc) is 3.02. The summed E-state index contributed by atoms with van der Waals surface area (Å²) in [5.74, 6) is 0.0557. The summed E-state index contributed by atoms with van der Waals surface area (Å²) in [6.45, 7) is 7.84. The molecule has 0 fully saturated rings. The van der Waals surface area contributed by atoms with Crippen molar-refractivity contribution in [2.24, 2.45) is 0 Å². The van der Waals surface area contributed by atoms with Crippen molar-refractivity contribution in [3.05, 3.63) is 46.7 Å². The second-order valence-electron chi connectivity index (χ2n) is 7.72. The Balaban J connectivity index is 2.43. The molecule has 6 heteroatoms. The van der Waals surface area contributed by atoms with Gasteiger partial charge in [0.25, 0.3) is 0 Å². The smallest absolute Gasteiger partial charge is 0.172 e. The van der Waals surface area contributed by atoms with Gasteiger partial charge in [-0.2, -0.15) is 15.8 Å². The molecule has 0 bridgehead atoms. The van der Waals surface area contributed by atoms with Crippen molar-refractivity contribution in [2.45, 2.75) is 52.1 Å². The van der Waals surface area contributed by atoms with Gasteiger partial charge in [0.15, 0.2) is 11.3 Å². The molecule has 1 aliphatic heterocycles. The Bertz CT molecular complexity index is 921. The van der Waals surface area contributed by atoms with Crippen LogP contribution in [0, 0.1) is 34.0 Å². The number of benzene rings is 1. The van der Waals surface area contributed by atoms with E-state index in [1.807, 2.05) is 50.3 Å². The van der Waals surface area contributed by atoms with Gasteiger partial charge >= 0.3 is 0 Å². The predicted octanol–water partition coefficient (Wildman–Crippen LogP) is 4.45. The van der Waals surface area contributed by atoms with Crippen molar-refractivity contribution in [3.63, 3.8) is 0 Å². The molecule has 30 heavy (non-hydrogen) atoms. The van der Waals surface area contributed by atoms with Crippen molar-refractivity contribution in [2.75, 3.05) is 24.6 Å². The first kappa shape index (κ1) is 23.0. The highest BCUT2D eigenvalue weighted by Gasteiger charge is 2.40. The number of allylic oxidation sites excluding steroid dienone is 2. The molecule has 0 radical (unpaired) electrons. The van der Waals surface area contributed by atoms with Crippen LogP contribution in [0.4, 0.5) is 5.69 Å². The monoisotopic (exact) mass is 404 g/mol. The number of rotatable bonds is 9. The van der Waals surface area contributed by atoms with Crippen LogP contribution in [0.25, 0.3) is 5.57 Å². The number of unbranched alkanes of at least 4 members (excludes halogenated alkanes) is 2. The van der Waals surface area contributed by atoms with Crippen LogP contribution in [0.1, 0.15) is 52.0 Å². The first-order valence-corrected chi connectivity index (χ1v) is 10.3. The minimum atomic E-state index is -0.829. The number of nitriles is 3. The van der Waals surface area contributed by atoms with Gasteiger partial charge in [0, 0.05) is 31.0 Å². The predicted molar refractivity (Wildman–Crippen MR) is 116 cm³/mol. The van der Waals surface area contributed by atoms with Gasteiger partial charge in [-0.05, 0) is 50.8 Å². The van der Waals surface area contributed by atoms with Gasteiger partial charge < -0.3 is 14.7 Å². The molecular formula is C24H28N4O2. The lowest BCUT2D eigenvalue weighted by molar-refractivity contribution is 0.109. The van der Waals surface area contributed by atoms with Crippen LogP contribution in [-0.4, -0.2) is 30.4 Å². The minimum Gasteiger partial charge on any atom is -0.480 e. The van der Waals surface area contributed by atoms with Crippen LogP contribution in [0.15, 0.2) is 41.2 Å². The third kappa shape index (κ3) is 5.01. The van der Waals surface area contributed by atoms with Gasteiger partial charge in [-0.25, -0.2) is 0 Å². The highest BCUT2D eigenvalue weighted by molar-refractivity contribution is 5.84. The van der Waals surface area contributed by atoms with Crippen LogP contribution >= 0.6 is 0 Å². The van der Waals surface area contributed by atoms with E-state index in [1.54, 1.807) is 0 Å². The summed E-state index contributed by atoms with van der Waals surface area (Å²) in [6.07, 6.45) is 3.89. The highest BCUT2D eigenvalue weighted by Crippen LogP contribution is 2.45. The van der Waals surface area contributed by atoms with Crippen LogP contribution in [0.2, 0.25) is 0 Å².